The Morgan fingerprint density at radius 3 is 2.53 bits per heavy atom. The van der Waals surface area contributed by atoms with Gasteiger partial charge in [0.15, 0.2) is 0 Å². The van der Waals surface area contributed by atoms with Crippen molar-refractivity contribution in [2.24, 2.45) is 0 Å². The van der Waals surface area contributed by atoms with E-state index in [-0.39, 0.29) is 11.9 Å². The van der Waals surface area contributed by atoms with Crippen molar-refractivity contribution >= 4 is 5.91 Å². The van der Waals surface area contributed by atoms with Crippen LogP contribution in [0, 0.1) is 6.92 Å². The number of benzene rings is 1. The summed E-state index contributed by atoms with van der Waals surface area (Å²) in [5.41, 5.74) is 2.37. The molecule has 0 fully saturated rings. The van der Waals surface area contributed by atoms with Crippen molar-refractivity contribution in [3.05, 3.63) is 35.4 Å². The predicted octanol–water partition coefficient (Wildman–Crippen LogP) is 2.00. The van der Waals surface area contributed by atoms with Gasteiger partial charge in [0.2, 0.25) is 5.91 Å². The third-order valence-corrected chi connectivity index (χ3v) is 2.68. The second-order valence-electron chi connectivity index (χ2n) is 4.38. The van der Waals surface area contributed by atoms with Crippen molar-refractivity contribution in [3.63, 3.8) is 0 Å². The molecule has 1 amide bonds. The Morgan fingerprint density at radius 1 is 1.29 bits per heavy atom. The molecule has 0 spiro atoms. The number of rotatable bonds is 6. The molecule has 1 unspecified atom stereocenters. The first-order valence-electron chi connectivity index (χ1n) is 6.20. The molecule has 3 heteroatoms. The summed E-state index contributed by atoms with van der Waals surface area (Å²) in [6, 6.07) is 8.07. The average molecular weight is 234 g/mol. The van der Waals surface area contributed by atoms with E-state index in [1.54, 1.807) is 0 Å². The van der Waals surface area contributed by atoms with Gasteiger partial charge in [0.05, 0.1) is 6.04 Å². The summed E-state index contributed by atoms with van der Waals surface area (Å²) in [7, 11) is 0. The lowest BCUT2D eigenvalue weighted by atomic mass is 10.1. The van der Waals surface area contributed by atoms with Gasteiger partial charge in [-0.15, -0.1) is 0 Å². The maximum Gasteiger partial charge on any atom is 0.237 e. The smallest absolute Gasteiger partial charge is 0.237 e. The summed E-state index contributed by atoms with van der Waals surface area (Å²) >= 11 is 0. The molecular formula is C14H22N2O. The molecule has 1 rings (SSSR count). The van der Waals surface area contributed by atoms with E-state index in [1.165, 1.54) is 5.56 Å². The topological polar surface area (TPSA) is 41.1 Å². The molecule has 0 aromatic heterocycles. The first kappa shape index (κ1) is 13.7. The molecule has 0 bridgehead atoms. The van der Waals surface area contributed by atoms with E-state index in [2.05, 4.69) is 36.6 Å². The van der Waals surface area contributed by atoms with Gasteiger partial charge in [-0.05, 0) is 32.4 Å². The molecule has 1 atom stereocenters. The first-order chi connectivity index (χ1) is 8.13. The molecule has 0 heterocycles. The highest BCUT2D eigenvalue weighted by Crippen LogP contribution is 2.02. The van der Waals surface area contributed by atoms with Crippen LogP contribution >= 0.6 is 0 Å². The zero-order valence-corrected chi connectivity index (χ0v) is 10.9. The van der Waals surface area contributed by atoms with Crippen molar-refractivity contribution in [3.8, 4) is 0 Å². The summed E-state index contributed by atoms with van der Waals surface area (Å²) < 4.78 is 0. The lowest BCUT2D eigenvalue weighted by Crippen LogP contribution is -2.42. The van der Waals surface area contributed by atoms with Crippen LogP contribution in [0.25, 0.3) is 0 Å². The summed E-state index contributed by atoms with van der Waals surface area (Å²) in [4.78, 5) is 11.7. The van der Waals surface area contributed by atoms with Gasteiger partial charge in [0.25, 0.3) is 0 Å². The minimum Gasteiger partial charge on any atom is -0.351 e. The number of aryl methyl sites for hydroxylation is 1. The summed E-state index contributed by atoms with van der Waals surface area (Å²) in [5, 5.41) is 6.09. The van der Waals surface area contributed by atoms with Gasteiger partial charge in [0, 0.05) is 6.54 Å². The Hall–Kier alpha value is -1.35. The molecule has 17 heavy (non-hydrogen) atoms. The average Bonchev–Trinajstić information content (AvgIpc) is 2.34. The molecule has 94 valence electrons. The molecular weight excluding hydrogens is 212 g/mol. The van der Waals surface area contributed by atoms with Gasteiger partial charge in [-0.3, -0.25) is 4.79 Å². The van der Waals surface area contributed by atoms with Crippen LogP contribution in [0.4, 0.5) is 0 Å². The van der Waals surface area contributed by atoms with Crippen molar-refractivity contribution in [2.45, 2.75) is 39.8 Å². The Kier molecular flexibility index (Phi) is 5.70. The van der Waals surface area contributed by atoms with Gasteiger partial charge < -0.3 is 10.6 Å². The number of carbonyl (C=O) groups excluding carboxylic acids is 1. The van der Waals surface area contributed by atoms with E-state index in [9.17, 15) is 4.79 Å². The van der Waals surface area contributed by atoms with Crippen LogP contribution in [0.5, 0.6) is 0 Å². The summed E-state index contributed by atoms with van der Waals surface area (Å²) in [6.07, 6.45) is 1.04. The molecule has 0 aliphatic rings. The quantitative estimate of drug-likeness (QED) is 0.790. The van der Waals surface area contributed by atoms with Gasteiger partial charge in [-0.1, -0.05) is 36.8 Å². The van der Waals surface area contributed by atoms with E-state index in [4.69, 9.17) is 0 Å². The maximum atomic E-state index is 11.7. The molecule has 1 aromatic rings. The van der Waals surface area contributed by atoms with Crippen LogP contribution in [0.1, 0.15) is 31.4 Å². The van der Waals surface area contributed by atoms with Gasteiger partial charge >= 0.3 is 0 Å². The van der Waals surface area contributed by atoms with E-state index in [0.717, 1.165) is 18.5 Å². The second-order valence-corrected chi connectivity index (χ2v) is 4.38. The molecule has 2 N–H and O–H groups in total. The van der Waals surface area contributed by atoms with E-state index in [0.29, 0.717) is 6.54 Å². The Balaban J connectivity index is 2.34. The summed E-state index contributed by atoms with van der Waals surface area (Å²) in [6.45, 7) is 7.50. The molecule has 0 saturated heterocycles. The predicted molar refractivity (Wildman–Crippen MR) is 70.8 cm³/mol. The zero-order valence-electron chi connectivity index (χ0n) is 10.9. The van der Waals surface area contributed by atoms with E-state index < -0.39 is 0 Å². The first-order valence-corrected chi connectivity index (χ1v) is 6.20. The standard InChI is InChI=1S/C14H22N2O/c1-4-9-15-12(3)14(17)16-10-13-7-5-11(2)6-8-13/h5-8,12,15H,4,9-10H2,1-3H3,(H,16,17). The third-order valence-electron chi connectivity index (χ3n) is 2.68. The molecule has 1 aromatic carbocycles. The highest BCUT2D eigenvalue weighted by molar-refractivity contribution is 5.81. The SMILES string of the molecule is CCCNC(C)C(=O)NCc1ccc(C)cc1. The zero-order chi connectivity index (χ0) is 12.7. The fourth-order valence-corrected chi connectivity index (χ4v) is 1.50. The number of hydrogen-bond acceptors (Lipinski definition) is 2. The van der Waals surface area contributed by atoms with Crippen LogP contribution in [0.3, 0.4) is 0 Å². The van der Waals surface area contributed by atoms with E-state index in [1.807, 2.05) is 19.1 Å². The largest absolute Gasteiger partial charge is 0.351 e. The van der Waals surface area contributed by atoms with Crippen LogP contribution in [-0.2, 0) is 11.3 Å². The summed E-state index contributed by atoms with van der Waals surface area (Å²) in [5.74, 6) is 0.0547. The van der Waals surface area contributed by atoms with Crippen LogP contribution < -0.4 is 10.6 Å². The van der Waals surface area contributed by atoms with Crippen LogP contribution in [-0.4, -0.2) is 18.5 Å². The molecule has 0 saturated carbocycles. The highest BCUT2D eigenvalue weighted by Gasteiger charge is 2.10. The minimum atomic E-state index is -0.125. The highest BCUT2D eigenvalue weighted by atomic mass is 16.2. The lowest BCUT2D eigenvalue weighted by molar-refractivity contribution is -0.122. The number of hydrogen-bond donors (Lipinski definition) is 2. The Labute approximate surface area is 104 Å². The monoisotopic (exact) mass is 234 g/mol. The van der Waals surface area contributed by atoms with Crippen molar-refractivity contribution in [2.75, 3.05) is 6.54 Å². The second kappa shape index (κ2) is 7.07. The molecule has 0 aliphatic carbocycles. The molecule has 0 aliphatic heterocycles. The maximum absolute atomic E-state index is 11.7. The number of carbonyl (C=O) groups is 1. The number of amides is 1. The Bertz CT molecular complexity index is 346. The normalized spacial score (nSPS) is 12.2. The van der Waals surface area contributed by atoms with Crippen molar-refractivity contribution < 1.29 is 4.79 Å². The lowest BCUT2D eigenvalue weighted by Gasteiger charge is -2.13. The number of nitrogens with one attached hydrogen (secondary N) is 2. The fourth-order valence-electron chi connectivity index (χ4n) is 1.50. The molecule has 3 nitrogen and oxygen atoms in total. The van der Waals surface area contributed by atoms with Crippen molar-refractivity contribution in [1.82, 2.24) is 10.6 Å². The molecule has 0 radical (unpaired) electrons. The van der Waals surface area contributed by atoms with Gasteiger partial charge in [-0.2, -0.15) is 0 Å². The fraction of sp³-hybridized carbons (Fsp3) is 0.500. The van der Waals surface area contributed by atoms with Gasteiger partial charge in [0.1, 0.15) is 0 Å². The van der Waals surface area contributed by atoms with Crippen LogP contribution in [0.15, 0.2) is 24.3 Å². The third kappa shape index (κ3) is 5.00. The minimum absolute atomic E-state index is 0.0547. The van der Waals surface area contributed by atoms with E-state index >= 15 is 0 Å². The Morgan fingerprint density at radius 2 is 1.94 bits per heavy atom. The van der Waals surface area contributed by atoms with Gasteiger partial charge in [-0.25, -0.2) is 0 Å². The van der Waals surface area contributed by atoms with Crippen molar-refractivity contribution in [1.29, 1.82) is 0 Å². The van der Waals surface area contributed by atoms with Crippen LogP contribution in [0.2, 0.25) is 0 Å².